The van der Waals surface area contributed by atoms with Crippen LogP contribution in [-0.4, -0.2) is 10.9 Å². The number of nitriles is 1. The van der Waals surface area contributed by atoms with Crippen molar-refractivity contribution in [2.75, 3.05) is 5.32 Å². The number of carbonyl (C=O) groups is 1. The molecule has 0 saturated carbocycles. The van der Waals surface area contributed by atoms with Gasteiger partial charge in [-0.05, 0) is 30.2 Å². The van der Waals surface area contributed by atoms with Crippen LogP contribution >= 0.6 is 0 Å². The summed E-state index contributed by atoms with van der Waals surface area (Å²) in [4.78, 5) is 11.9. The summed E-state index contributed by atoms with van der Waals surface area (Å²) >= 11 is 0. The number of benzene rings is 2. The number of rotatable bonds is 5. The van der Waals surface area contributed by atoms with E-state index in [-0.39, 0.29) is 11.5 Å². The molecule has 0 heterocycles. The van der Waals surface area contributed by atoms with E-state index in [4.69, 9.17) is 5.26 Å². The van der Waals surface area contributed by atoms with Crippen LogP contribution in [-0.2, 0) is 11.3 Å². The number of allylic oxidation sites excluding steroid dienone is 2. The Morgan fingerprint density at radius 1 is 1.25 bits per heavy atom. The van der Waals surface area contributed by atoms with Gasteiger partial charge in [-0.2, -0.15) is 5.26 Å². The fourth-order valence-corrected chi connectivity index (χ4v) is 2.57. The van der Waals surface area contributed by atoms with Crippen molar-refractivity contribution in [1.29, 1.82) is 5.26 Å². The summed E-state index contributed by atoms with van der Waals surface area (Å²) in [6.07, 6.45) is 0.340. The van der Waals surface area contributed by atoms with Crippen molar-refractivity contribution in [3.63, 3.8) is 0 Å². The third kappa shape index (κ3) is 3.08. The minimum atomic E-state index is -0.0232. The van der Waals surface area contributed by atoms with E-state index < -0.39 is 0 Å². The molecule has 2 aromatic rings. The van der Waals surface area contributed by atoms with Gasteiger partial charge in [0, 0.05) is 12.2 Å². The number of ketones is 1. The first kappa shape index (κ1) is 15.6. The van der Waals surface area contributed by atoms with Crippen molar-refractivity contribution >= 4 is 11.5 Å². The molecule has 0 atom stereocenters. The van der Waals surface area contributed by atoms with Gasteiger partial charge in [-0.15, -0.1) is 0 Å². The van der Waals surface area contributed by atoms with Crippen molar-refractivity contribution in [1.82, 2.24) is 5.32 Å². The SMILES string of the molecule is Cc1cc(C#N)cc(NC2=C(NCc3ccccc3)CC2=O)c1O. The van der Waals surface area contributed by atoms with Gasteiger partial charge in [-0.1, -0.05) is 30.3 Å². The summed E-state index contributed by atoms with van der Waals surface area (Å²) in [5.41, 5.74) is 3.75. The van der Waals surface area contributed by atoms with Gasteiger partial charge in [-0.3, -0.25) is 4.79 Å². The molecule has 0 unspecified atom stereocenters. The molecule has 0 aliphatic heterocycles. The lowest BCUT2D eigenvalue weighted by Crippen LogP contribution is -2.32. The fraction of sp³-hybridized carbons (Fsp3) is 0.158. The summed E-state index contributed by atoms with van der Waals surface area (Å²) in [5, 5.41) is 25.4. The Bertz CT molecular complexity index is 864. The average Bonchev–Trinajstić information content (AvgIpc) is 2.60. The number of hydrogen-bond donors (Lipinski definition) is 3. The number of carbonyl (C=O) groups excluding carboxylic acids is 1. The normalized spacial score (nSPS) is 13.2. The number of aryl methyl sites for hydroxylation is 1. The quantitative estimate of drug-likeness (QED) is 0.738. The van der Waals surface area contributed by atoms with Crippen LogP contribution in [0.3, 0.4) is 0 Å². The number of nitrogens with zero attached hydrogens (tertiary/aromatic N) is 1. The largest absolute Gasteiger partial charge is 0.505 e. The summed E-state index contributed by atoms with van der Waals surface area (Å²) in [5.74, 6) is 0.0218. The molecule has 0 bridgehead atoms. The maximum atomic E-state index is 11.9. The number of phenols is 1. The van der Waals surface area contributed by atoms with Crippen molar-refractivity contribution < 1.29 is 9.90 Å². The van der Waals surface area contributed by atoms with Crippen molar-refractivity contribution in [3.8, 4) is 11.8 Å². The van der Waals surface area contributed by atoms with E-state index in [9.17, 15) is 9.90 Å². The van der Waals surface area contributed by atoms with Crippen LogP contribution in [0.15, 0.2) is 53.9 Å². The molecule has 0 aromatic heterocycles. The average molecular weight is 319 g/mol. The number of phenolic OH excluding ortho intramolecular Hbond substituents is 1. The van der Waals surface area contributed by atoms with E-state index in [0.717, 1.165) is 11.3 Å². The van der Waals surface area contributed by atoms with Gasteiger partial charge in [0.2, 0.25) is 0 Å². The van der Waals surface area contributed by atoms with Crippen LogP contribution in [0.5, 0.6) is 5.75 Å². The molecule has 3 N–H and O–H groups in total. The van der Waals surface area contributed by atoms with Crippen molar-refractivity contribution in [2.45, 2.75) is 19.9 Å². The van der Waals surface area contributed by atoms with Crippen LogP contribution < -0.4 is 10.6 Å². The van der Waals surface area contributed by atoms with Gasteiger partial charge in [0.15, 0.2) is 5.78 Å². The maximum absolute atomic E-state index is 11.9. The van der Waals surface area contributed by atoms with Gasteiger partial charge in [0.25, 0.3) is 0 Å². The van der Waals surface area contributed by atoms with Crippen LogP contribution in [0.25, 0.3) is 0 Å². The van der Waals surface area contributed by atoms with E-state index >= 15 is 0 Å². The molecular weight excluding hydrogens is 302 g/mol. The first-order valence-corrected chi connectivity index (χ1v) is 7.63. The standard InChI is InChI=1S/C19H17N3O2/c1-12-7-14(10-20)8-16(19(12)24)22-18-15(9-17(18)23)21-11-13-5-3-2-4-6-13/h2-8,21-22,24H,9,11H2,1H3. The molecule has 1 aliphatic carbocycles. The van der Waals surface area contributed by atoms with Gasteiger partial charge >= 0.3 is 0 Å². The Morgan fingerprint density at radius 3 is 2.67 bits per heavy atom. The number of hydrogen-bond acceptors (Lipinski definition) is 5. The number of Topliss-reactive ketones (excluding diaryl/α,β-unsaturated/α-hetero) is 1. The fourth-order valence-electron chi connectivity index (χ4n) is 2.57. The van der Waals surface area contributed by atoms with Gasteiger partial charge in [-0.25, -0.2) is 0 Å². The van der Waals surface area contributed by atoms with E-state index in [1.165, 1.54) is 6.07 Å². The van der Waals surface area contributed by atoms with Crippen LogP contribution in [0, 0.1) is 18.3 Å². The maximum Gasteiger partial charge on any atom is 0.186 e. The monoisotopic (exact) mass is 319 g/mol. The lowest BCUT2D eigenvalue weighted by Gasteiger charge is -2.25. The van der Waals surface area contributed by atoms with E-state index in [2.05, 4.69) is 10.6 Å². The highest BCUT2D eigenvalue weighted by atomic mass is 16.3. The molecule has 0 saturated heterocycles. The summed E-state index contributed by atoms with van der Waals surface area (Å²) in [7, 11) is 0. The molecular formula is C19H17N3O2. The van der Waals surface area contributed by atoms with Gasteiger partial charge in [0.05, 0.1) is 23.7 Å². The lowest BCUT2D eigenvalue weighted by molar-refractivity contribution is -0.116. The Kier molecular flexibility index (Phi) is 4.21. The van der Waals surface area contributed by atoms with Crippen LogP contribution in [0.1, 0.15) is 23.1 Å². The highest BCUT2D eigenvalue weighted by Crippen LogP contribution is 2.32. The molecule has 3 rings (SSSR count). The van der Waals surface area contributed by atoms with E-state index in [0.29, 0.717) is 35.5 Å². The predicted molar refractivity (Wildman–Crippen MR) is 91.1 cm³/mol. The first-order chi connectivity index (χ1) is 11.6. The molecule has 5 nitrogen and oxygen atoms in total. The topological polar surface area (TPSA) is 85.2 Å². The highest BCUT2D eigenvalue weighted by Gasteiger charge is 2.28. The van der Waals surface area contributed by atoms with Crippen LogP contribution in [0.4, 0.5) is 5.69 Å². The summed E-state index contributed by atoms with van der Waals surface area (Å²) in [6, 6.07) is 15.1. The molecule has 0 radical (unpaired) electrons. The van der Waals surface area contributed by atoms with Crippen molar-refractivity contribution in [2.24, 2.45) is 0 Å². The predicted octanol–water partition coefficient (Wildman–Crippen LogP) is 2.96. The molecule has 0 amide bonds. The summed E-state index contributed by atoms with van der Waals surface area (Å²) in [6.45, 7) is 2.34. The lowest BCUT2D eigenvalue weighted by atomic mass is 9.97. The first-order valence-electron chi connectivity index (χ1n) is 7.63. The smallest absolute Gasteiger partial charge is 0.186 e. The molecule has 0 spiro atoms. The molecule has 2 aromatic carbocycles. The van der Waals surface area contributed by atoms with Crippen molar-refractivity contribution in [3.05, 3.63) is 70.5 Å². The van der Waals surface area contributed by atoms with E-state index in [1.807, 2.05) is 36.4 Å². The summed E-state index contributed by atoms with van der Waals surface area (Å²) < 4.78 is 0. The minimum absolute atomic E-state index is 0.0232. The van der Waals surface area contributed by atoms with E-state index in [1.54, 1.807) is 13.0 Å². The second-order valence-corrected chi connectivity index (χ2v) is 5.72. The molecule has 1 aliphatic rings. The van der Waals surface area contributed by atoms with Crippen LogP contribution in [0.2, 0.25) is 0 Å². The zero-order valence-electron chi connectivity index (χ0n) is 13.3. The molecule has 5 heteroatoms. The molecule has 0 fully saturated rings. The van der Waals surface area contributed by atoms with Gasteiger partial charge < -0.3 is 15.7 Å². The number of nitrogens with one attached hydrogen (secondary N) is 2. The molecule has 120 valence electrons. The third-order valence-corrected chi connectivity index (χ3v) is 3.96. The number of anilines is 1. The zero-order valence-corrected chi connectivity index (χ0v) is 13.3. The second kappa shape index (κ2) is 6.47. The Morgan fingerprint density at radius 2 is 2.00 bits per heavy atom. The molecule has 24 heavy (non-hydrogen) atoms. The second-order valence-electron chi connectivity index (χ2n) is 5.72. The zero-order chi connectivity index (χ0) is 17.1. The highest BCUT2D eigenvalue weighted by molar-refractivity contribution is 6.06. The Hall–Kier alpha value is -3.26. The minimum Gasteiger partial charge on any atom is -0.505 e. The Balaban J connectivity index is 1.79. The van der Waals surface area contributed by atoms with Gasteiger partial charge in [0.1, 0.15) is 11.4 Å². The third-order valence-electron chi connectivity index (χ3n) is 3.96. The number of aromatic hydroxyl groups is 1. The Labute approximate surface area is 140 Å².